The Bertz CT molecular complexity index is 528. The first-order valence-electron chi connectivity index (χ1n) is 5.23. The number of carbonyl (C=O) groups is 1. The van der Waals surface area contributed by atoms with Gasteiger partial charge in [0.05, 0.1) is 15.0 Å². The zero-order chi connectivity index (χ0) is 14.8. The van der Waals surface area contributed by atoms with Gasteiger partial charge in [0.2, 0.25) is 0 Å². The zero-order valence-corrected chi connectivity index (χ0v) is 12.1. The van der Waals surface area contributed by atoms with Gasteiger partial charge in [-0.25, -0.2) is 9.87 Å². The van der Waals surface area contributed by atoms with Crippen molar-refractivity contribution in [3.8, 4) is 0 Å². The summed E-state index contributed by atoms with van der Waals surface area (Å²) in [6.07, 6.45) is 0. The molecule has 6 nitrogen and oxygen atoms in total. The lowest BCUT2D eigenvalue weighted by atomic mass is 10.1. The Morgan fingerprint density at radius 3 is 2.53 bits per heavy atom. The lowest BCUT2D eigenvalue weighted by Crippen LogP contribution is -2.33. The van der Waals surface area contributed by atoms with Crippen LogP contribution >= 0.6 is 15.9 Å². The molecular weight excluding hydrogens is 323 g/mol. The van der Waals surface area contributed by atoms with Crippen molar-refractivity contribution >= 4 is 27.5 Å². The van der Waals surface area contributed by atoms with Gasteiger partial charge in [-0.15, -0.1) is 0 Å². The molecule has 0 radical (unpaired) electrons. The first-order chi connectivity index (χ1) is 8.61. The van der Waals surface area contributed by atoms with Crippen LogP contribution in [0.25, 0.3) is 0 Å². The molecule has 1 amide bonds. The molecule has 0 aromatic heterocycles. The summed E-state index contributed by atoms with van der Waals surface area (Å²) in [4.78, 5) is 26.8. The van der Waals surface area contributed by atoms with E-state index in [-0.39, 0.29) is 4.47 Å². The second-order valence-electron chi connectivity index (χ2n) is 4.69. The fraction of sp³-hybridized carbons (Fsp3) is 0.364. The number of amides is 1. The maximum atomic E-state index is 13.4. The van der Waals surface area contributed by atoms with Crippen molar-refractivity contribution in [3.63, 3.8) is 0 Å². The van der Waals surface area contributed by atoms with Crippen LogP contribution in [0.3, 0.4) is 0 Å². The van der Waals surface area contributed by atoms with Crippen molar-refractivity contribution in [3.05, 3.63) is 38.1 Å². The van der Waals surface area contributed by atoms with Gasteiger partial charge < -0.3 is 0 Å². The number of hydrogen-bond donors (Lipinski definition) is 1. The Morgan fingerprint density at radius 2 is 2.05 bits per heavy atom. The van der Waals surface area contributed by atoms with Gasteiger partial charge in [-0.1, -0.05) is 0 Å². The first kappa shape index (κ1) is 15.5. The molecule has 1 N–H and O–H groups in total. The van der Waals surface area contributed by atoms with Crippen LogP contribution in [0.2, 0.25) is 0 Å². The molecule has 0 atom stereocenters. The van der Waals surface area contributed by atoms with E-state index in [0.717, 1.165) is 12.1 Å². The second-order valence-corrected chi connectivity index (χ2v) is 5.54. The van der Waals surface area contributed by atoms with Gasteiger partial charge in [-0.3, -0.25) is 19.7 Å². The molecule has 104 valence electrons. The minimum atomic E-state index is -0.881. The average molecular weight is 335 g/mol. The molecule has 0 heterocycles. The van der Waals surface area contributed by atoms with E-state index in [1.807, 2.05) is 0 Å². The maximum absolute atomic E-state index is 13.4. The topological polar surface area (TPSA) is 81.5 Å². The third kappa shape index (κ3) is 4.25. The molecule has 0 aliphatic heterocycles. The highest BCUT2D eigenvalue weighted by atomic mass is 79.9. The van der Waals surface area contributed by atoms with Gasteiger partial charge in [-0.05, 0) is 42.8 Å². The van der Waals surface area contributed by atoms with Crippen molar-refractivity contribution in [1.29, 1.82) is 0 Å². The third-order valence-electron chi connectivity index (χ3n) is 1.93. The molecule has 0 bridgehead atoms. The van der Waals surface area contributed by atoms with Crippen LogP contribution in [-0.2, 0) is 4.84 Å². The highest BCUT2D eigenvalue weighted by molar-refractivity contribution is 9.10. The third-order valence-corrected chi connectivity index (χ3v) is 2.54. The van der Waals surface area contributed by atoms with Crippen LogP contribution in [0.15, 0.2) is 16.6 Å². The lowest BCUT2D eigenvalue weighted by molar-refractivity contribution is -0.385. The summed E-state index contributed by atoms with van der Waals surface area (Å²) in [5, 5.41) is 10.8. The van der Waals surface area contributed by atoms with E-state index in [0.29, 0.717) is 0 Å². The van der Waals surface area contributed by atoms with Crippen LogP contribution in [0.5, 0.6) is 0 Å². The predicted octanol–water partition coefficient (Wildman–Crippen LogP) is 2.96. The normalized spacial score (nSPS) is 11.2. The Hall–Kier alpha value is -1.54. The lowest BCUT2D eigenvalue weighted by Gasteiger charge is -2.18. The second kappa shape index (κ2) is 5.62. The van der Waals surface area contributed by atoms with Crippen LogP contribution in [0.1, 0.15) is 31.1 Å². The van der Waals surface area contributed by atoms with Crippen molar-refractivity contribution in [1.82, 2.24) is 5.48 Å². The molecule has 0 aliphatic carbocycles. The fourth-order valence-corrected chi connectivity index (χ4v) is 1.45. The number of halogens is 2. The van der Waals surface area contributed by atoms with Gasteiger partial charge in [0, 0.05) is 6.07 Å². The van der Waals surface area contributed by atoms with E-state index in [9.17, 15) is 19.3 Å². The summed E-state index contributed by atoms with van der Waals surface area (Å²) in [7, 11) is 0. The van der Waals surface area contributed by atoms with E-state index >= 15 is 0 Å². The summed E-state index contributed by atoms with van der Waals surface area (Å²) in [6.45, 7) is 5.05. The molecule has 19 heavy (non-hydrogen) atoms. The SMILES string of the molecule is CC(C)(C)ONC(=O)c1cc(F)c(Br)cc1[N+](=O)[O-]. The van der Waals surface area contributed by atoms with Crippen LogP contribution in [0.4, 0.5) is 10.1 Å². The van der Waals surface area contributed by atoms with Gasteiger partial charge in [0.1, 0.15) is 11.4 Å². The molecule has 0 saturated heterocycles. The Kier molecular flexibility index (Phi) is 4.59. The summed E-state index contributed by atoms with van der Waals surface area (Å²) >= 11 is 2.83. The molecule has 1 rings (SSSR count). The van der Waals surface area contributed by atoms with E-state index in [4.69, 9.17) is 4.84 Å². The predicted molar refractivity (Wildman–Crippen MR) is 69.1 cm³/mol. The van der Waals surface area contributed by atoms with Crippen LogP contribution in [0, 0.1) is 15.9 Å². The smallest absolute Gasteiger partial charge is 0.268 e. The average Bonchev–Trinajstić information content (AvgIpc) is 2.27. The number of hydrogen-bond acceptors (Lipinski definition) is 4. The van der Waals surface area contributed by atoms with Gasteiger partial charge >= 0.3 is 0 Å². The maximum Gasteiger partial charge on any atom is 0.283 e. The first-order valence-corrected chi connectivity index (χ1v) is 6.03. The molecular formula is C11H12BrFN2O4. The van der Waals surface area contributed by atoms with Crippen molar-refractivity contribution in [2.24, 2.45) is 0 Å². The summed E-state index contributed by atoms with van der Waals surface area (Å²) in [5.74, 6) is -1.65. The Balaban J connectivity index is 3.08. The Labute approximate surface area is 117 Å². The standard InChI is InChI=1S/C11H12BrFN2O4/c1-11(2,3)19-14-10(16)6-4-8(13)7(12)5-9(6)15(17)18/h4-5H,1-3H3,(H,14,16). The minimum absolute atomic E-state index is 0.0903. The summed E-state index contributed by atoms with van der Waals surface area (Å²) < 4.78 is 13.3. The quantitative estimate of drug-likeness (QED) is 0.680. The van der Waals surface area contributed by atoms with Gasteiger partial charge in [0.25, 0.3) is 11.6 Å². The molecule has 0 unspecified atom stereocenters. The molecule has 0 saturated carbocycles. The van der Waals surface area contributed by atoms with E-state index in [1.165, 1.54) is 0 Å². The minimum Gasteiger partial charge on any atom is -0.268 e. The van der Waals surface area contributed by atoms with Gasteiger partial charge in [-0.2, -0.15) is 0 Å². The highest BCUT2D eigenvalue weighted by Gasteiger charge is 2.24. The number of hydroxylamine groups is 1. The van der Waals surface area contributed by atoms with Crippen molar-refractivity contribution in [2.45, 2.75) is 26.4 Å². The number of nitrogens with zero attached hydrogens (tertiary/aromatic N) is 1. The number of rotatable bonds is 3. The number of carbonyl (C=O) groups excluding carboxylic acids is 1. The van der Waals surface area contributed by atoms with Crippen molar-refractivity contribution in [2.75, 3.05) is 0 Å². The monoisotopic (exact) mass is 334 g/mol. The van der Waals surface area contributed by atoms with Gasteiger partial charge in [0.15, 0.2) is 0 Å². The van der Waals surface area contributed by atoms with E-state index < -0.39 is 33.5 Å². The van der Waals surface area contributed by atoms with E-state index in [1.54, 1.807) is 20.8 Å². The fourth-order valence-electron chi connectivity index (χ4n) is 1.12. The summed E-state index contributed by atoms with van der Waals surface area (Å²) in [6, 6.07) is 1.71. The highest BCUT2D eigenvalue weighted by Crippen LogP contribution is 2.26. The van der Waals surface area contributed by atoms with Crippen LogP contribution in [-0.4, -0.2) is 16.4 Å². The number of nitrogens with one attached hydrogen (secondary N) is 1. The molecule has 1 aromatic rings. The Morgan fingerprint density at radius 1 is 1.47 bits per heavy atom. The molecule has 8 heteroatoms. The number of benzene rings is 1. The summed E-state index contributed by atoms with van der Waals surface area (Å²) in [5.41, 5.74) is 0.469. The van der Waals surface area contributed by atoms with Crippen LogP contribution < -0.4 is 5.48 Å². The zero-order valence-electron chi connectivity index (χ0n) is 10.5. The molecule has 0 fully saturated rings. The molecule has 0 aliphatic rings. The van der Waals surface area contributed by atoms with Crippen molar-refractivity contribution < 1.29 is 18.9 Å². The largest absolute Gasteiger partial charge is 0.283 e. The molecule has 0 spiro atoms. The number of nitro groups is 1. The molecule has 1 aromatic carbocycles. The number of nitro benzene ring substituents is 1. The van der Waals surface area contributed by atoms with E-state index in [2.05, 4.69) is 21.4 Å².